The van der Waals surface area contributed by atoms with Crippen molar-refractivity contribution in [2.24, 2.45) is 0 Å². The Hall–Kier alpha value is -3.04. The van der Waals surface area contributed by atoms with Gasteiger partial charge in [-0.15, -0.1) is 10.2 Å². The van der Waals surface area contributed by atoms with Crippen LogP contribution in [-0.4, -0.2) is 40.1 Å². The van der Waals surface area contributed by atoms with Gasteiger partial charge < -0.3 is 15.5 Å². The number of hydrogen-bond acceptors (Lipinski definition) is 5. The summed E-state index contributed by atoms with van der Waals surface area (Å²) < 4.78 is 13.3. The molecule has 2 N–H and O–H groups in total. The average molecular weight is 474 g/mol. The smallest absolute Gasteiger partial charge is 0.321 e. The van der Waals surface area contributed by atoms with Crippen molar-refractivity contribution in [1.82, 2.24) is 15.1 Å². The number of rotatable bonds is 4. The molecule has 10 heteroatoms. The first-order valence-electron chi connectivity index (χ1n) is 10.1. The average Bonchev–Trinajstić information content (AvgIpc) is 3.27. The van der Waals surface area contributed by atoms with Gasteiger partial charge in [-0.2, -0.15) is 0 Å². The summed E-state index contributed by atoms with van der Waals surface area (Å²) in [6, 6.07) is 10.8. The van der Waals surface area contributed by atoms with Crippen LogP contribution in [0, 0.1) is 12.7 Å². The highest BCUT2D eigenvalue weighted by molar-refractivity contribution is 7.13. The molecule has 1 fully saturated rings. The Morgan fingerprint density at radius 2 is 2.03 bits per heavy atom. The third-order valence-electron chi connectivity index (χ3n) is 5.22. The van der Waals surface area contributed by atoms with Crippen molar-refractivity contribution >= 4 is 46.3 Å². The summed E-state index contributed by atoms with van der Waals surface area (Å²) in [4.78, 5) is 27.0. The van der Waals surface area contributed by atoms with Crippen molar-refractivity contribution in [2.75, 3.05) is 23.7 Å². The molecule has 7 nitrogen and oxygen atoms in total. The fourth-order valence-corrected chi connectivity index (χ4v) is 4.56. The Morgan fingerprint density at radius 1 is 1.19 bits per heavy atom. The predicted molar refractivity (Wildman–Crippen MR) is 123 cm³/mol. The number of carbonyl (C=O) groups excluding carboxylic acids is 2. The minimum absolute atomic E-state index is 0.0109. The number of aromatic nitrogens is 2. The number of carbonyl (C=O) groups is 2. The summed E-state index contributed by atoms with van der Waals surface area (Å²) in [7, 11) is 0. The largest absolute Gasteiger partial charge is 0.324 e. The van der Waals surface area contributed by atoms with Gasteiger partial charge in [0, 0.05) is 35.4 Å². The zero-order valence-corrected chi connectivity index (χ0v) is 18.8. The predicted octanol–water partition coefficient (Wildman–Crippen LogP) is 5.30. The monoisotopic (exact) mass is 473 g/mol. The Bertz CT molecular complexity index is 1150. The van der Waals surface area contributed by atoms with Gasteiger partial charge >= 0.3 is 6.03 Å². The molecular formula is C22H21ClFN5O2S. The number of aryl methyl sites for hydroxylation is 1. The van der Waals surface area contributed by atoms with E-state index in [9.17, 15) is 14.0 Å². The molecule has 2 aromatic carbocycles. The molecule has 1 aromatic heterocycles. The molecule has 0 radical (unpaired) electrons. The maximum Gasteiger partial charge on any atom is 0.321 e. The minimum Gasteiger partial charge on any atom is -0.324 e. The Kier molecular flexibility index (Phi) is 6.66. The number of halogens is 2. The summed E-state index contributed by atoms with van der Waals surface area (Å²) in [5.41, 5.74) is 1.95. The van der Waals surface area contributed by atoms with E-state index < -0.39 is 11.7 Å². The Labute approximate surface area is 193 Å². The molecule has 4 rings (SSSR count). The van der Waals surface area contributed by atoms with Crippen LogP contribution in [-0.2, 0) is 0 Å². The minimum atomic E-state index is -0.443. The highest BCUT2D eigenvalue weighted by atomic mass is 35.5. The van der Waals surface area contributed by atoms with Crippen LogP contribution in [0.2, 0.25) is 5.02 Å². The summed E-state index contributed by atoms with van der Waals surface area (Å²) in [6.07, 6.45) is 1.66. The van der Waals surface area contributed by atoms with E-state index in [-0.39, 0.29) is 17.0 Å². The molecule has 1 aliphatic rings. The van der Waals surface area contributed by atoms with Gasteiger partial charge in [0.25, 0.3) is 5.91 Å². The van der Waals surface area contributed by atoms with Gasteiger partial charge in [-0.05, 0) is 55.7 Å². The molecule has 1 aliphatic heterocycles. The van der Waals surface area contributed by atoms with Gasteiger partial charge in [-0.25, -0.2) is 9.18 Å². The molecule has 32 heavy (non-hydrogen) atoms. The standard InChI is InChI=1S/C22H21ClFN5O2S/c1-13-7-8-15(23)10-18(13)26-22(31)29-9-3-4-14(12-29)20-27-28-21(32-20)19(30)25-17-6-2-5-16(24)11-17/h2,5-8,10-11,14H,3-4,9,12H2,1H3,(H,25,30)(H,26,31). The molecule has 1 unspecified atom stereocenters. The molecule has 3 aromatic rings. The number of piperidine rings is 1. The van der Waals surface area contributed by atoms with Crippen molar-refractivity contribution in [2.45, 2.75) is 25.7 Å². The first-order chi connectivity index (χ1) is 15.4. The molecule has 0 bridgehead atoms. The summed E-state index contributed by atoms with van der Waals surface area (Å²) in [6.45, 7) is 3.02. The van der Waals surface area contributed by atoms with Gasteiger partial charge in [0.1, 0.15) is 10.8 Å². The number of likely N-dealkylation sites (tertiary alicyclic amines) is 1. The second-order valence-corrected chi connectivity index (χ2v) is 9.03. The van der Waals surface area contributed by atoms with E-state index in [2.05, 4.69) is 20.8 Å². The third kappa shape index (κ3) is 5.23. The fraction of sp³-hybridized carbons (Fsp3) is 0.273. The van der Waals surface area contributed by atoms with E-state index in [1.54, 1.807) is 23.1 Å². The molecule has 1 atom stereocenters. The number of hydrogen-bond donors (Lipinski definition) is 2. The van der Waals surface area contributed by atoms with Crippen LogP contribution in [0.1, 0.15) is 39.1 Å². The lowest BCUT2D eigenvalue weighted by Crippen LogP contribution is -2.41. The molecule has 0 saturated carbocycles. The van der Waals surface area contributed by atoms with Crippen LogP contribution in [0.4, 0.5) is 20.6 Å². The highest BCUT2D eigenvalue weighted by Gasteiger charge is 2.28. The van der Waals surface area contributed by atoms with Crippen molar-refractivity contribution in [3.8, 4) is 0 Å². The van der Waals surface area contributed by atoms with Gasteiger partial charge in [0.05, 0.1) is 0 Å². The summed E-state index contributed by atoms with van der Waals surface area (Å²) >= 11 is 7.24. The molecule has 0 aliphatic carbocycles. The molecule has 0 spiro atoms. The van der Waals surface area contributed by atoms with Gasteiger partial charge in [0.2, 0.25) is 5.01 Å². The van der Waals surface area contributed by atoms with Gasteiger partial charge in [-0.3, -0.25) is 4.79 Å². The van der Waals surface area contributed by atoms with E-state index in [0.717, 1.165) is 18.4 Å². The molecule has 166 valence electrons. The van der Waals surface area contributed by atoms with Crippen LogP contribution in [0.25, 0.3) is 0 Å². The maximum absolute atomic E-state index is 13.3. The second-order valence-electron chi connectivity index (χ2n) is 7.58. The van der Waals surface area contributed by atoms with E-state index in [1.807, 2.05) is 13.0 Å². The second kappa shape index (κ2) is 9.62. The summed E-state index contributed by atoms with van der Waals surface area (Å²) in [5.74, 6) is -0.890. The van der Waals surface area contributed by atoms with Crippen molar-refractivity contribution in [1.29, 1.82) is 0 Å². The first-order valence-corrected chi connectivity index (χ1v) is 11.3. The first kappa shape index (κ1) is 22.2. The zero-order valence-electron chi connectivity index (χ0n) is 17.3. The molecule has 3 amide bonds. The Morgan fingerprint density at radius 3 is 2.84 bits per heavy atom. The topological polar surface area (TPSA) is 87.2 Å². The molecule has 2 heterocycles. The summed E-state index contributed by atoms with van der Waals surface area (Å²) in [5, 5.41) is 15.2. The van der Waals surface area contributed by atoms with Crippen molar-refractivity contribution in [3.05, 3.63) is 68.9 Å². The number of urea groups is 1. The normalized spacial score (nSPS) is 16.0. The lowest BCUT2D eigenvalue weighted by Gasteiger charge is -2.31. The fourth-order valence-electron chi connectivity index (χ4n) is 3.53. The number of anilines is 2. The SMILES string of the molecule is Cc1ccc(Cl)cc1NC(=O)N1CCCC(c2nnc(C(=O)Nc3cccc(F)c3)s2)C1. The number of nitrogens with one attached hydrogen (secondary N) is 2. The zero-order chi connectivity index (χ0) is 22.7. The lowest BCUT2D eigenvalue weighted by atomic mass is 9.99. The van der Waals surface area contributed by atoms with Crippen molar-refractivity contribution < 1.29 is 14.0 Å². The highest BCUT2D eigenvalue weighted by Crippen LogP contribution is 2.30. The van der Waals surface area contributed by atoms with E-state index in [1.165, 1.54) is 29.5 Å². The number of nitrogens with zero attached hydrogens (tertiary/aromatic N) is 3. The van der Waals surface area contributed by atoms with Crippen LogP contribution in [0.15, 0.2) is 42.5 Å². The van der Waals surface area contributed by atoms with Gasteiger partial charge in [-0.1, -0.05) is 35.1 Å². The van der Waals surface area contributed by atoms with Crippen molar-refractivity contribution in [3.63, 3.8) is 0 Å². The third-order valence-corrected chi connectivity index (χ3v) is 6.54. The quantitative estimate of drug-likeness (QED) is 0.538. The molecular weight excluding hydrogens is 453 g/mol. The van der Waals surface area contributed by atoms with E-state index in [0.29, 0.717) is 34.5 Å². The van der Waals surface area contributed by atoms with E-state index in [4.69, 9.17) is 11.6 Å². The maximum atomic E-state index is 13.3. The number of benzene rings is 2. The molecule has 1 saturated heterocycles. The Balaban J connectivity index is 1.40. The lowest BCUT2D eigenvalue weighted by molar-refractivity contribution is 0.102. The van der Waals surface area contributed by atoms with Gasteiger partial charge in [0.15, 0.2) is 0 Å². The van der Waals surface area contributed by atoms with Crippen LogP contribution in [0.3, 0.4) is 0 Å². The number of amides is 3. The van der Waals surface area contributed by atoms with Crippen LogP contribution in [0.5, 0.6) is 0 Å². The van der Waals surface area contributed by atoms with Crippen LogP contribution < -0.4 is 10.6 Å². The van der Waals surface area contributed by atoms with E-state index >= 15 is 0 Å². The van der Waals surface area contributed by atoms with Crippen LogP contribution >= 0.6 is 22.9 Å².